The summed E-state index contributed by atoms with van der Waals surface area (Å²) in [6.45, 7) is 2.80. The first-order valence-corrected chi connectivity index (χ1v) is 8.74. The third kappa shape index (κ3) is 6.05. The second-order valence-corrected chi connectivity index (χ2v) is 6.34. The summed E-state index contributed by atoms with van der Waals surface area (Å²) in [6.07, 6.45) is 7.04. The van der Waals surface area contributed by atoms with Crippen LogP contribution in [-0.2, 0) is 16.0 Å². The molecule has 1 saturated carbocycles. The summed E-state index contributed by atoms with van der Waals surface area (Å²) >= 11 is 0. The van der Waals surface area contributed by atoms with E-state index in [1.54, 1.807) is 6.92 Å². The van der Waals surface area contributed by atoms with Crippen LogP contribution in [0, 0.1) is 0 Å². The molecule has 0 bridgehead atoms. The van der Waals surface area contributed by atoms with Gasteiger partial charge in [0.1, 0.15) is 0 Å². The van der Waals surface area contributed by atoms with E-state index in [0.29, 0.717) is 25.6 Å². The van der Waals surface area contributed by atoms with Crippen molar-refractivity contribution in [3.63, 3.8) is 0 Å². The van der Waals surface area contributed by atoms with Crippen LogP contribution in [0.2, 0.25) is 0 Å². The predicted octanol–water partition coefficient (Wildman–Crippen LogP) is 2.92. The van der Waals surface area contributed by atoms with Gasteiger partial charge < -0.3 is 10.2 Å². The van der Waals surface area contributed by atoms with E-state index in [-0.39, 0.29) is 11.8 Å². The molecule has 0 saturated heterocycles. The van der Waals surface area contributed by atoms with E-state index in [9.17, 15) is 9.59 Å². The summed E-state index contributed by atoms with van der Waals surface area (Å²) in [5.41, 5.74) is 1.22. The second-order valence-electron chi connectivity index (χ2n) is 6.34. The Balaban J connectivity index is 1.70. The first-order valence-electron chi connectivity index (χ1n) is 8.74. The molecule has 1 fully saturated rings. The minimum Gasteiger partial charge on any atom is -0.356 e. The second kappa shape index (κ2) is 9.33. The van der Waals surface area contributed by atoms with Gasteiger partial charge in [0.25, 0.3) is 0 Å². The van der Waals surface area contributed by atoms with Crippen molar-refractivity contribution in [2.24, 2.45) is 0 Å². The molecule has 1 aliphatic carbocycles. The van der Waals surface area contributed by atoms with Crippen molar-refractivity contribution in [1.82, 2.24) is 10.2 Å². The van der Waals surface area contributed by atoms with Crippen LogP contribution in [0.3, 0.4) is 0 Å². The van der Waals surface area contributed by atoms with E-state index in [0.717, 1.165) is 19.3 Å². The van der Waals surface area contributed by atoms with Crippen LogP contribution in [-0.4, -0.2) is 35.8 Å². The Hall–Kier alpha value is -1.84. The number of carbonyl (C=O) groups excluding carboxylic acids is 2. The molecule has 0 aromatic heterocycles. The standard InChI is InChI=1S/C19H28N2O2/c1-16(22)21(18-10-6-3-7-11-18)15-13-19(23)20-14-12-17-8-4-2-5-9-17/h2,4-5,8-9,18H,3,6-7,10-15H2,1H3,(H,20,23). The highest BCUT2D eigenvalue weighted by molar-refractivity contribution is 5.78. The first kappa shape index (κ1) is 17.5. The molecule has 1 aromatic rings. The molecule has 1 aromatic carbocycles. The Morgan fingerprint density at radius 2 is 1.83 bits per heavy atom. The first-order chi connectivity index (χ1) is 11.2. The van der Waals surface area contributed by atoms with Crippen molar-refractivity contribution in [1.29, 1.82) is 0 Å². The lowest BCUT2D eigenvalue weighted by Gasteiger charge is -2.33. The molecule has 0 radical (unpaired) electrons. The summed E-state index contributed by atoms with van der Waals surface area (Å²) in [4.78, 5) is 25.7. The number of hydrogen-bond acceptors (Lipinski definition) is 2. The summed E-state index contributed by atoms with van der Waals surface area (Å²) in [7, 11) is 0. The normalized spacial score (nSPS) is 15.2. The van der Waals surface area contributed by atoms with Crippen molar-refractivity contribution in [3.8, 4) is 0 Å². The number of benzene rings is 1. The molecule has 4 nitrogen and oxygen atoms in total. The number of carbonyl (C=O) groups is 2. The van der Waals surface area contributed by atoms with Crippen molar-refractivity contribution >= 4 is 11.8 Å². The van der Waals surface area contributed by atoms with E-state index < -0.39 is 0 Å². The Labute approximate surface area is 139 Å². The molecule has 2 rings (SSSR count). The average molecular weight is 316 g/mol. The van der Waals surface area contributed by atoms with Crippen LogP contribution in [0.1, 0.15) is 51.0 Å². The van der Waals surface area contributed by atoms with Gasteiger partial charge in [-0.25, -0.2) is 0 Å². The van der Waals surface area contributed by atoms with Gasteiger partial charge in [-0.05, 0) is 24.8 Å². The van der Waals surface area contributed by atoms with Crippen LogP contribution in [0.4, 0.5) is 0 Å². The van der Waals surface area contributed by atoms with Crippen molar-refractivity contribution in [3.05, 3.63) is 35.9 Å². The lowest BCUT2D eigenvalue weighted by atomic mass is 9.94. The van der Waals surface area contributed by atoms with Gasteiger partial charge in [0.2, 0.25) is 11.8 Å². The molecule has 4 heteroatoms. The lowest BCUT2D eigenvalue weighted by molar-refractivity contribution is -0.132. The van der Waals surface area contributed by atoms with Gasteiger partial charge in [0.05, 0.1) is 0 Å². The summed E-state index contributed by atoms with van der Waals surface area (Å²) < 4.78 is 0. The maximum absolute atomic E-state index is 12.0. The highest BCUT2D eigenvalue weighted by atomic mass is 16.2. The number of hydrogen-bond donors (Lipinski definition) is 1. The molecular weight excluding hydrogens is 288 g/mol. The number of nitrogens with zero attached hydrogens (tertiary/aromatic N) is 1. The third-order valence-corrected chi connectivity index (χ3v) is 4.58. The predicted molar refractivity (Wildman–Crippen MR) is 92.0 cm³/mol. The molecule has 0 unspecified atom stereocenters. The Bertz CT molecular complexity index is 495. The number of amides is 2. The highest BCUT2D eigenvalue weighted by Gasteiger charge is 2.23. The van der Waals surface area contributed by atoms with Gasteiger partial charge in [-0.3, -0.25) is 9.59 Å². The topological polar surface area (TPSA) is 49.4 Å². The lowest BCUT2D eigenvalue weighted by Crippen LogP contribution is -2.42. The zero-order chi connectivity index (χ0) is 16.5. The zero-order valence-corrected chi connectivity index (χ0v) is 14.1. The molecule has 126 valence electrons. The molecule has 0 aliphatic heterocycles. The Kier molecular flexibility index (Phi) is 7.11. The summed E-state index contributed by atoms with van der Waals surface area (Å²) in [6, 6.07) is 10.5. The van der Waals surface area contributed by atoms with Gasteiger partial charge in [-0.1, -0.05) is 49.6 Å². The largest absolute Gasteiger partial charge is 0.356 e. The Morgan fingerprint density at radius 3 is 2.48 bits per heavy atom. The van der Waals surface area contributed by atoms with Crippen LogP contribution in [0.5, 0.6) is 0 Å². The quantitative estimate of drug-likeness (QED) is 0.841. The van der Waals surface area contributed by atoms with Crippen molar-refractivity contribution < 1.29 is 9.59 Å². The molecule has 0 heterocycles. The van der Waals surface area contributed by atoms with E-state index >= 15 is 0 Å². The maximum Gasteiger partial charge on any atom is 0.221 e. The van der Waals surface area contributed by atoms with Gasteiger partial charge >= 0.3 is 0 Å². The van der Waals surface area contributed by atoms with Gasteiger partial charge in [0, 0.05) is 32.5 Å². The average Bonchev–Trinajstić information content (AvgIpc) is 2.57. The van der Waals surface area contributed by atoms with Gasteiger partial charge in [0.15, 0.2) is 0 Å². The van der Waals surface area contributed by atoms with Crippen LogP contribution < -0.4 is 5.32 Å². The van der Waals surface area contributed by atoms with E-state index in [4.69, 9.17) is 0 Å². The summed E-state index contributed by atoms with van der Waals surface area (Å²) in [5, 5.41) is 2.95. The summed E-state index contributed by atoms with van der Waals surface area (Å²) in [5.74, 6) is 0.122. The van der Waals surface area contributed by atoms with E-state index in [1.807, 2.05) is 23.1 Å². The maximum atomic E-state index is 12.0. The zero-order valence-electron chi connectivity index (χ0n) is 14.1. The number of rotatable bonds is 7. The van der Waals surface area contributed by atoms with E-state index in [2.05, 4.69) is 17.4 Å². The van der Waals surface area contributed by atoms with E-state index in [1.165, 1.54) is 24.8 Å². The molecule has 23 heavy (non-hydrogen) atoms. The molecule has 2 amide bonds. The van der Waals surface area contributed by atoms with Crippen LogP contribution in [0.25, 0.3) is 0 Å². The SMILES string of the molecule is CC(=O)N(CCC(=O)NCCc1ccccc1)C1CCCCC1. The minimum absolute atomic E-state index is 0.0305. The molecule has 0 spiro atoms. The fraction of sp³-hybridized carbons (Fsp3) is 0.579. The highest BCUT2D eigenvalue weighted by Crippen LogP contribution is 2.22. The van der Waals surface area contributed by atoms with Crippen molar-refractivity contribution in [2.75, 3.05) is 13.1 Å². The molecular formula is C19H28N2O2. The molecule has 1 N–H and O–H groups in total. The fourth-order valence-electron chi connectivity index (χ4n) is 3.29. The third-order valence-electron chi connectivity index (χ3n) is 4.58. The van der Waals surface area contributed by atoms with Gasteiger partial charge in [-0.2, -0.15) is 0 Å². The smallest absolute Gasteiger partial charge is 0.221 e. The van der Waals surface area contributed by atoms with Crippen LogP contribution in [0.15, 0.2) is 30.3 Å². The Morgan fingerprint density at radius 1 is 1.13 bits per heavy atom. The van der Waals surface area contributed by atoms with Crippen molar-refractivity contribution in [2.45, 2.75) is 57.9 Å². The molecule has 1 aliphatic rings. The fourth-order valence-corrected chi connectivity index (χ4v) is 3.29. The van der Waals surface area contributed by atoms with Gasteiger partial charge in [-0.15, -0.1) is 0 Å². The minimum atomic E-state index is 0.0305. The van der Waals surface area contributed by atoms with Crippen LogP contribution >= 0.6 is 0 Å². The number of nitrogens with one attached hydrogen (secondary N) is 1. The molecule has 0 atom stereocenters. The monoisotopic (exact) mass is 316 g/mol.